The summed E-state index contributed by atoms with van der Waals surface area (Å²) >= 11 is 10.5. The van der Waals surface area contributed by atoms with Crippen LogP contribution in [0, 0.1) is 11.6 Å². The van der Waals surface area contributed by atoms with Crippen LogP contribution in [0.25, 0.3) is 0 Å². The predicted molar refractivity (Wildman–Crippen MR) is 45.5 cm³/mol. The van der Waals surface area contributed by atoms with Gasteiger partial charge in [-0.2, -0.15) is 0 Å². The zero-order valence-corrected chi connectivity index (χ0v) is 7.57. The van der Waals surface area contributed by atoms with Gasteiger partial charge in [0, 0.05) is 0 Å². The third-order valence-corrected chi connectivity index (χ3v) is 1.97. The molecular formula is C7H3Cl2F2NO. The largest absolute Gasteiger partial charge is 0.410 e. The highest BCUT2D eigenvalue weighted by Gasteiger charge is 2.14. The van der Waals surface area contributed by atoms with Crippen LogP contribution in [0.1, 0.15) is 5.56 Å². The van der Waals surface area contributed by atoms with Crippen molar-refractivity contribution >= 4 is 28.4 Å². The summed E-state index contributed by atoms with van der Waals surface area (Å²) in [6.07, 6.45) is 0. The van der Waals surface area contributed by atoms with E-state index in [2.05, 4.69) is 5.16 Å². The van der Waals surface area contributed by atoms with Gasteiger partial charge in [0.1, 0.15) is 10.8 Å². The fraction of sp³-hybridized carbons (Fsp3) is 0. The highest BCUT2D eigenvalue weighted by molar-refractivity contribution is 6.69. The van der Waals surface area contributed by atoms with Crippen LogP contribution in [-0.4, -0.2) is 10.4 Å². The molecule has 1 aromatic rings. The molecule has 0 radical (unpaired) electrons. The monoisotopic (exact) mass is 225 g/mol. The summed E-state index contributed by atoms with van der Waals surface area (Å²) in [6.45, 7) is 0. The lowest BCUT2D eigenvalue weighted by Gasteiger charge is -2.01. The molecular weight excluding hydrogens is 223 g/mol. The minimum absolute atomic E-state index is 0.254. The molecule has 0 heterocycles. The molecule has 0 aromatic heterocycles. The maximum atomic E-state index is 13.1. The van der Waals surface area contributed by atoms with Gasteiger partial charge in [0.05, 0.1) is 5.56 Å². The zero-order valence-electron chi connectivity index (χ0n) is 6.06. The van der Waals surface area contributed by atoms with E-state index in [1.165, 1.54) is 0 Å². The van der Waals surface area contributed by atoms with E-state index in [4.69, 9.17) is 28.4 Å². The molecule has 0 spiro atoms. The van der Waals surface area contributed by atoms with Crippen LogP contribution >= 0.6 is 23.2 Å². The Kier molecular flexibility index (Phi) is 3.06. The molecule has 0 aliphatic heterocycles. The Morgan fingerprint density at radius 3 is 2.54 bits per heavy atom. The van der Waals surface area contributed by atoms with E-state index in [-0.39, 0.29) is 5.56 Å². The van der Waals surface area contributed by atoms with E-state index in [9.17, 15) is 8.78 Å². The summed E-state index contributed by atoms with van der Waals surface area (Å²) in [5.41, 5.74) is -0.254. The fourth-order valence-corrected chi connectivity index (χ4v) is 1.05. The number of nitrogens with zero attached hydrogens (tertiary/aromatic N) is 1. The van der Waals surface area contributed by atoms with Crippen LogP contribution in [0.15, 0.2) is 17.3 Å². The van der Waals surface area contributed by atoms with Gasteiger partial charge in [-0.1, -0.05) is 28.4 Å². The number of benzene rings is 1. The van der Waals surface area contributed by atoms with Crippen molar-refractivity contribution in [1.82, 2.24) is 0 Å². The molecule has 0 aliphatic rings. The van der Waals surface area contributed by atoms with Gasteiger partial charge in [0.15, 0.2) is 11.0 Å². The molecule has 0 amide bonds. The van der Waals surface area contributed by atoms with Gasteiger partial charge < -0.3 is 5.21 Å². The summed E-state index contributed by atoms with van der Waals surface area (Å²) in [5.74, 6) is -1.95. The first-order valence-corrected chi connectivity index (χ1v) is 3.85. The van der Waals surface area contributed by atoms with Crippen LogP contribution in [0.5, 0.6) is 0 Å². The van der Waals surface area contributed by atoms with Gasteiger partial charge in [0.2, 0.25) is 0 Å². The van der Waals surface area contributed by atoms with Crippen molar-refractivity contribution in [2.75, 3.05) is 0 Å². The second-order valence-electron chi connectivity index (χ2n) is 2.11. The van der Waals surface area contributed by atoms with Crippen LogP contribution in [0.3, 0.4) is 0 Å². The normalized spacial score (nSPS) is 11.8. The van der Waals surface area contributed by atoms with Gasteiger partial charge in [-0.25, -0.2) is 8.78 Å². The molecule has 1 aromatic carbocycles. The minimum atomic E-state index is -1.05. The first-order chi connectivity index (χ1) is 6.07. The summed E-state index contributed by atoms with van der Waals surface area (Å²) < 4.78 is 25.7. The average molecular weight is 226 g/mol. The summed E-state index contributed by atoms with van der Waals surface area (Å²) in [7, 11) is 0. The quantitative estimate of drug-likeness (QED) is 0.339. The van der Waals surface area contributed by atoms with Crippen LogP contribution in [-0.2, 0) is 0 Å². The van der Waals surface area contributed by atoms with E-state index >= 15 is 0 Å². The summed E-state index contributed by atoms with van der Waals surface area (Å²) in [6, 6.07) is 1.95. The Balaban J connectivity index is 3.34. The third kappa shape index (κ3) is 1.89. The van der Waals surface area contributed by atoms with Crippen molar-refractivity contribution in [1.29, 1.82) is 0 Å². The van der Waals surface area contributed by atoms with E-state index in [0.29, 0.717) is 0 Å². The van der Waals surface area contributed by atoms with E-state index < -0.39 is 21.8 Å². The summed E-state index contributed by atoms with van der Waals surface area (Å²) in [5, 5.41) is 9.61. The van der Waals surface area contributed by atoms with Crippen molar-refractivity contribution in [3.63, 3.8) is 0 Å². The standard InChI is InChI=1S/C7H3Cl2F2NO/c8-5-4(10)2-1-3(6(5)11)7(9)12-13/h1-2,13H/b12-7-. The van der Waals surface area contributed by atoms with Crippen LogP contribution in [0.2, 0.25) is 5.02 Å². The summed E-state index contributed by atoms with van der Waals surface area (Å²) in [4.78, 5) is 0. The van der Waals surface area contributed by atoms with E-state index in [0.717, 1.165) is 12.1 Å². The molecule has 0 saturated carbocycles. The molecule has 0 saturated heterocycles. The van der Waals surface area contributed by atoms with Gasteiger partial charge >= 0.3 is 0 Å². The minimum Gasteiger partial charge on any atom is -0.410 e. The molecule has 0 unspecified atom stereocenters. The molecule has 0 atom stereocenters. The number of oxime groups is 1. The topological polar surface area (TPSA) is 32.6 Å². The van der Waals surface area contributed by atoms with E-state index in [1.54, 1.807) is 0 Å². The Morgan fingerprint density at radius 1 is 1.38 bits per heavy atom. The number of hydrogen-bond acceptors (Lipinski definition) is 2. The Hall–Kier alpha value is -0.870. The Morgan fingerprint density at radius 2 is 2.00 bits per heavy atom. The van der Waals surface area contributed by atoms with Crippen molar-refractivity contribution in [3.05, 3.63) is 34.4 Å². The second kappa shape index (κ2) is 3.89. The molecule has 1 N–H and O–H groups in total. The van der Waals surface area contributed by atoms with Gasteiger partial charge in [-0.3, -0.25) is 0 Å². The lowest BCUT2D eigenvalue weighted by Crippen LogP contribution is -1.98. The fourth-order valence-electron chi connectivity index (χ4n) is 0.739. The van der Waals surface area contributed by atoms with Gasteiger partial charge in [-0.05, 0) is 12.1 Å². The Bertz CT molecular complexity index is 368. The first kappa shape index (κ1) is 10.2. The third-order valence-electron chi connectivity index (χ3n) is 1.35. The second-order valence-corrected chi connectivity index (χ2v) is 2.85. The highest BCUT2D eigenvalue weighted by atomic mass is 35.5. The molecule has 13 heavy (non-hydrogen) atoms. The maximum absolute atomic E-state index is 13.1. The highest BCUT2D eigenvalue weighted by Crippen LogP contribution is 2.23. The lowest BCUT2D eigenvalue weighted by atomic mass is 10.2. The lowest BCUT2D eigenvalue weighted by molar-refractivity contribution is 0.320. The van der Waals surface area contributed by atoms with Gasteiger partial charge in [-0.15, -0.1) is 0 Å². The number of halogens is 4. The van der Waals surface area contributed by atoms with Gasteiger partial charge in [0.25, 0.3) is 0 Å². The van der Waals surface area contributed by atoms with Crippen LogP contribution in [0.4, 0.5) is 8.78 Å². The molecule has 1 rings (SSSR count). The number of rotatable bonds is 1. The van der Waals surface area contributed by atoms with Crippen molar-refractivity contribution in [3.8, 4) is 0 Å². The molecule has 0 aliphatic carbocycles. The molecule has 6 heteroatoms. The molecule has 70 valence electrons. The SMILES string of the molecule is O/N=C(\Cl)c1ccc(F)c(Cl)c1F. The van der Waals surface area contributed by atoms with Crippen LogP contribution < -0.4 is 0 Å². The first-order valence-electron chi connectivity index (χ1n) is 3.09. The van der Waals surface area contributed by atoms with Crippen molar-refractivity contribution in [2.24, 2.45) is 5.16 Å². The molecule has 2 nitrogen and oxygen atoms in total. The number of hydrogen-bond donors (Lipinski definition) is 1. The Labute approximate surface area is 82.4 Å². The molecule has 0 bridgehead atoms. The van der Waals surface area contributed by atoms with E-state index in [1.807, 2.05) is 0 Å². The smallest absolute Gasteiger partial charge is 0.178 e. The maximum Gasteiger partial charge on any atom is 0.178 e. The molecule has 0 fully saturated rings. The zero-order chi connectivity index (χ0) is 10.0. The van der Waals surface area contributed by atoms with Crippen molar-refractivity contribution in [2.45, 2.75) is 0 Å². The predicted octanol–water partition coefficient (Wildman–Crippen LogP) is 2.99. The average Bonchev–Trinajstić information content (AvgIpc) is 2.13. The van der Waals surface area contributed by atoms with Crippen molar-refractivity contribution < 1.29 is 14.0 Å².